The van der Waals surface area contributed by atoms with Gasteiger partial charge in [0.05, 0.1) is 40.7 Å². The molecule has 0 unspecified atom stereocenters. The number of benzene rings is 2. The number of carbonyl (C=O) groups is 1. The van der Waals surface area contributed by atoms with Crippen LogP contribution in [0.4, 0.5) is 0 Å². The minimum atomic E-state index is -4.02. The van der Waals surface area contributed by atoms with Crippen LogP contribution in [-0.4, -0.2) is 66.4 Å². The van der Waals surface area contributed by atoms with E-state index in [9.17, 15) is 13.2 Å². The summed E-state index contributed by atoms with van der Waals surface area (Å²) >= 11 is 0. The molecule has 2 rings (SSSR count). The summed E-state index contributed by atoms with van der Waals surface area (Å²) in [5.41, 5.74) is 2.97. The first-order valence-electron chi connectivity index (χ1n) is 9.57. The number of methoxy groups -OCH3 is 3. The van der Waals surface area contributed by atoms with Crippen molar-refractivity contribution in [1.29, 1.82) is 0 Å². The fraction of sp³-hybridized carbons (Fsp3) is 0.333. The third-order valence-corrected chi connectivity index (χ3v) is 6.14. The lowest BCUT2D eigenvalue weighted by atomic mass is 10.2. The maximum absolute atomic E-state index is 12.9. The molecule has 0 aromatic heterocycles. The number of hydrazone groups is 1. The second-order valence-corrected chi connectivity index (χ2v) is 8.43. The molecule has 0 saturated carbocycles. The Kier molecular flexibility index (Phi) is 8.85. The molecule has 10 nitrogen and oxygen atoms in total. The zero-order valence-electron chi connectivity index (χ0n) is 18.6. The highest BCUT2D eigenvalue weighted by Gasteiger charge is 2.27. The molecule has 1 N–H and O–H groups in total. The summed E-state index contributed by atoms with van der Waals surface area (Å²) in [7, 11) is 1.57. The maximum atomic E-state index is 12.9. The number of likely N-dealkylation sites (N-methyl/N-ethyl adjacent to an activating group) is 1. The summed E-state index contributed by atoms with van der Waals surface area (Å²) in [6.07, 6.45) is 1.41. The fourth-order valence-corrected chi connectivity index (χ4v) is 3.99. The molecule has 0 radical (unpaired) electrons. The monoisotopic (exact) mass is 465 g/mol. The zero-order valence-corrected chi connectivity index (χ0v) is 19.4. The molecule has 174 valence electrons. The third-order valence-electron chi connectivity index (χ3n) is 4.32. The Morgan fingerprint density at radius 1 is 1.03 bits per heavy atom. The molecule has 0 atom stereocenters. The highest BCUT2D eigenvalue weighted by Crippen LogP contribution is 2.30. The van der Waals surface area contributed by atoms with Gasteiger partial charge < -0.3 is 18.9 Å². The molecule has 0 heterocycles. The Labute approximate surface area is 187 Å². The van der Waals surface area contributed by atoms with E-state index < -0.39 is 22.5 Å². The highest BCUT2D eigenvalue weighted by atomic mass is 32.2. The van der Waals surface area contributed by atoms with Gasteiger partial charge in [-0.05, 0) is 42.8 Å². The van der Waals surface area contributed by atoms with Crippen molar-refractivity contribution in [1.82, 2.24) is 9.73 Å². The van der Waals surface area contributed by atoms with Crippen LogP contribution in [0.15, 0.2) is 46.4 Å². The largest absolute Gasteiger partial charge is 0.497 e. The number of sulfonamides is 1. The Balaban J connectivity index is 2.07. The maximum Gasteiger partial charge on any atom is 0.255 e. The number of hydrogen-bond donors (Lipinski definition) is 1. The number of ether oxygens (including phenoxy) is 4. The van der Waals surface area contributed by atoms with E-state index in [-0.39, 0.29) is 10.6 Å². The normalized spacial score (nSPS) is 11.4. The van der Waals surface area contributed by atoms with E-state index in [1.807, 2.05) is 6.92 Å². The zero-order chi connectivity index (χ0) is 23.7. The van der Waals surface area contributed by atoms with Gasteiger partial charge in [0.15, 0.2) is 11.5 Å². The summed E-state index contributed by atoms with van der Waals surface area (Å²) in [4.78, 5) is 12.1. The molecule has 32 heavy (non-hydrogen) atoms. The van der Waals surface area contributed by atoms with E-state index in [4.69, 9.17) is 18.9 Å². The first kappa shape index (κ1) is 25.0. The minimum Gasteiger partial charge on any atom is -0.497 e. The predicted molar refractivity (Wildman–Crippen MR) is 119 cm³/mol. The van der Waals surface area contributed by atoms with Crippen LogP contribution in [0.2, 0.25) is 0 Å². The molecule has 11 heteroatoms. The van der Waals surface area contributed by atoms with Gasteiger partial charge in [0.1, 0.15) is 16.4 Å². The summed E-state index contributed by atoms with van der Waals surface area (Å²) < 4.78 is 47.7. The molecule has 2 aromatic rings. The number of hydrogen-bond acceptors (Lipinski definition) is 8. The van der Waals surface area contributed by atoms with Crippen LogP contribution in [0, 0.1) is 0 Å². The summed E-state index contributed by atoms with van der Waals surface area (Å²) in [6.45, 7) is 1.91. The lowest BCUT2D eigenvalue weighted by Crippen LogP contribution is -2.36. The van der Waals surface area contributed by atoms with Crippen molar-refractivity contribution in [2.75, 3.05) is 41.5 Å². The predicted octanol–water partition coefficient (Wildman–Crippen LogP) is 1.88. The van der Waals surface area contributed by atoms with Gasteiger partial charge in [0.25, 0.3) is 5.91 Å². The lowest BCUT2D eigenvalue weighted by Gasteiger charge is -2.18. The molecule has 0 saturated heterocycles. The molecule has 0 aliphatic rings. The number of carbonyl (C=O) groups excluding carboxylic acids is 1. The van der Waals surface area contributed by atoms with Gasteiger partial charge in [-0.2, -0.15) is 9.41 Å². The number of rotatable bonds is 11. The van der Waals surface area contributed by atoms with Gasteiger partial charge >= 0.3 is 0 Å². The molecule has 2 aromatic carbocycles. The Morgan fingerprint density at radius 3 is 2.34 bits per heavy atom. The van der Waals surface area contributed by atoms with E-state index in [0.29, 0.717) is 29.4 Å². The van der Waals surface area contributed by atoms with Gasteiger partial charge in [-0.15, -0.1) is 0 Å². The summed E-state index contributed by atoms with van der Waals surface area (Å²) in [6, 6.07) is 9.57. The first-order chi connectivity index (χ1) is 15.3. The first-order valence-corrected chi connectivity index (χ1v) is 11.0. The molecule has 1 amide bonds. The van der Waals surface area contributed by atoms with Gasteiger partial charge in [-0.3, -0.25) is 4.79 Å². The van der Waals surface area contributed by atoms with Crippen molar-refractivity contribution in [2.24, 2.45) is 5.10 Å². The van der Waals surface area contributed by atoms with Crippen molar-refractivity contribution >= 4 is 22.1 Å². The average Bonchev–Trinajstić information content (AvgIpc) is 2.79. The van der Waals surface area contributed by atoms with Crippen LogP contribution in [-0.2, 0) is 14.8 Å². The molecule has 0 aliphatic heterocycles. The average molecular weight is 466 g/mol. The minimum absolute atomic E-state index is 0.111. The van der Waals surface area contributed by atoms with Gasteiger partial charge in [-0.1, -0.05) is 0 Å². The van der Waals surface area contributed by atoms with Crippen LogP contribution in [0.1, 0.15) is 12.5 Å². The van der Waals surface area contributed by atoms with Crippen LogP contribution >= 0.6 is 0 Å². The van der Waals surface area contributed by atoms with Crippen molar-refractivity contribution in [3.05, 3.63) is 42.0 Å². The van der Waals surface area contributed by atoms with Crippen LogP contribution in [0.5, 0.6) is 23.0 Å². The number of nitrogens with zero attached hydrogens (tertiary/aromatic N) is 2. The topological polar surface area (TPSA) is 116 Å². The van der Waals surface area contributed by atoms with Crippen LogP contribution in [0.3, 0.4) is 0 Å². The Bertz CT molecular complexity index is 1070. The van der Waals surface area contributed by atoms with Crippen molar-refractivity contribution in [3.63, 3.8) is 0 Å². The standard InChI is InChI=1S/C21H27N3O7S/c1-6-31-17-9-7-15(11-19(17)30-5)13-22-23-21(25)14-24(2)32(26,27)20-12-16(28-3)8-10-18(20)29-4/h7-13H,6,14H2,1-5H3,(H,23,25)/b22-13+. The van der Waals surface area contributed by atoms with Gasteiger partial charge in [-0.25, -0.2) is 13.8 Å². The second kappa shape index (κ2) is 11.3. The second-order valence-electron chi connectivity index (χ2n) is 6.41. The van der Waals surface area contributed by atoms with Gasteiger partial charge in [0, 0.05) is 13.1 Å². The summed E-state index contributed by atoms with van der Waals surface area (Å²) in [5.74, 6) is 0.987. The van der Waals surface area contributed by atoms with E-state index in [0.717, 1.165) is 4.31 Å². The van der Waals surface area contributed by atoms with E-state index in [1.165, 1.54) is 46.7 Å². The molecule has 0 spiro atoms. The molecule has 0 fully saturated rings. The van der Waals surface area contributed by atoms with Crippen molar-refractivity contribution in [2.45, 2.75) is 11.8 Å². The molecular weight excluding hydrogens is 438 g/mol. The Morgan fingerprint density at radius 2 is 1.72 bits per heavy atom. The van der Waals surface area contributed by atoms with Crippen molar-refractivity contribution in [3.8, 4) is 23.0 Å². The number of amides is 1. The van der Waals surface area contributed by atoms with Crippen molar-refractivity contribution < 1.29 is 32.2 Å². The van der Waals surface area contributed by atoms with Crippen LogP contribution in [0.25, 0.3) is 0 Å². The van der Waals surface area contributed by atoms with E-state index in [1.54, 1.807) is 24.3 Å². The number of nitrogens with one attached hydrogen (secondary N) is 1. The van der Waals surface area contributed by atoms with Crippen LogP contribution < -0.4 is 24.4 Å². The SMILES string of the molecule is CCOc1ccc(/C=N/NC(=O)CN(C)S(=O)(=O)c2cc(OC)ccc2OC)cc1OC. The highest BCUT2D eigenvalue weighted by molar-refractivity contribution is 7.89. The smallest absolute Gasteiger partial charge is 0.255 e. The summed E-state index contributed by atoms with van der Waals surface area (Å²) in [5, 5.41) is 3.87. The van der Waals surface area contributed by atoms with E-state index >= 15 is 0 Å². The Hall–Kier alpha value is -3.31. The molecular formula is C21H27N3O7S. The quantitative estimate of drug-likeness (QED) is 0.398. The molecule has 0 aliphatic carbocycles. The molecule has 0 bridgehead atoms. The fourth-order valence-electron chi connectivity index (χ4n) is 2.69. The lowest BCUT2D eigenvalue weighted by molar-refractivity contribution is -0.121. The third kappa shape index (κ3) is 6.11. The van der Waals surface area contributed by atoms with Gasteiger partial charge in [0.2, 0.25) is 10.0 Å². The van der Waals surface area contributed by atoms with E-state index in [2.05, 4.69) is 10.5 Å².